The predicted octanol–water partition coefficient (Wildman–Crippen LogP) is 3.87. The first kappa shape index (κ1) is 16.1. The molecule has 0 spiro atoms. The highest BCUT2D eigenvalue weighted by molar-refractivity contribution is 6.30. The Morgan fingerprint density at radius 2 is 1.92 bits per heavy atom. The van der Waals surface area contributed by atoms with E-state index in [4.69, 9.17) is 16.0 Å². The number of hydrogen-bond donors (Lipinski definition) is 2. The molecule has 24 heavy (non-hydrogen) atoms. The lowest BCUT2D eigenvalue weighted by atomic mass is 10.2. The molecule has 0 unspecified atom stereocenters. The molecule has 0 radical (unpaired) electrons. The second-order valence-electron chi connectivity index (χ2n) is 5.17. The minimum atomic E-state index is -0.220. The number of carbonyl (C=O) groups is 1. The van der Waals surface area contributed by atoms with Crippen LogP contribution >= 0.6 is 11.6 Å². The lowest BCUT2D eigenvalue weighted by Crippen LogP contribution is -2.23. The zero-order valence-electron chi connectivity index (χ0n) is 12.8. The normalized spacial score (nSPS) is 10.4. The molecule has 0 aliphatic heterocycles. The zero-order chi connectivity index (χ0) is 16.8. The van der Waals surface area contributed by atoms with E-state index in [1.807, 2.05) is 30.3 Å². The van der Waals surface area contributed by atoms with Gasteiger partial charge in [-0.15, -0.1) is 0 Å². The summed E-state index contributed by atoms with van der Waals surface area (Å²) >= 11 is 5.83. The Labute approximate surface area is 144 Å². The van der Waals surface area contributed by atoms with Gasteiger partial charge in [0.05, 0.1) is 24.7 Å². The molecule has 1 aromatic carbocycles. The van der Waals surface area contributed by atoms with E-state index in [9.17, 15) is 4.79 Å². The Kier molecular flexibility index (Phi) is 5.13. The number of aromatic nitrogens is 1. The number of rotatable bonds is 6. The highest BCUT2D eigenvalue weighted by Gasteiger charge is 2.07. The molecule has 5 nitrogen and oxygen atoms in total. The fourth-order valence-corrected chi connectivity index (χ4v) is 2.24. The second-order valence-corrected chi connectivity index (χ2v) is 5.61. The van der Waals surface area contributed by atoms with Crippen LogP contribution in [0.3, 0.4) is 0 Å². The molecule has 0 aliphatic carbocycles. The lowest BCUT2D eigenvalue weighted by Gasteiger charge is -2.07. The van der Waals surface area contributed by atoms with Crippen LogP contribution in [0.5, 0.6) is 0 Å². The van der Waals surface area contributed by atoms with Crippen molar-refractivity contribution in [3.05, 3.63) is 83.0 Å². The van der Waals surface area contributed by atoms with Gasteiger partial charge in [0.25, 0.3) is 5.91 Å². The Morgan fingerprint density at radius 1 is 1.08 bits per heavy atom. The zero-order valence-corrected chi connectivity index (χ0v) is 13.6. The van der Waals surface area contributed by atoms with Crippen LogP contribution in [0.1, 0.15) is 21.8 Å². The van der Waals surface area contributed by atoms with Gasteiger partial charge in [0.2, 0.25) is 0 Å². The molecule has 0 aliphatic rings. The average molecular weight is 342 g/mol. The molecule has 3 aromatic rings. The largest absolute Gasteiger partial charge is 0.467 e. The summed E-state index contributed by atoms with van der Waals surface area (Å²) in [7, 11) is 0. The van der Waals surface area contributed by atoms with E-state index in [0.29, 0.717) is 23.8 Å². The van der Waals surface area contributed by atoms with E-state index in [1.165, 1.54) is 0 Å². The summed E-state index contributed by atoms with van der Waals surface area (Å²) in [4.78, 5) is 16.3. The Morgan fingerprint density at radius 3 is 2.58 bits per heavy atom. The average Bonchev–Trinajstić information content (AvgIpc) is 3.13. The van der Waals surface area contributed by atoms with Gasteiger partial charge >= 0.3 is 0 Å². The molecule has 2 heterocycles. The molecule has 6 heteroatoms. The summed E-state index contributed by atoms with van der Waals surface area (Å²) < 4.78 is 5.24. The van der Waals surface area contributed by atoms with Crippen molar-refractivity contribution in [2.24, 2.45) is 0 Å². The van der Waals surface area contributed by atoms with Gasteiger partial charge in [-0.25, -0.2) is 4.98 Å². The molecule has 3 rings (SSSR count). The summed E-state index contributed by atoms with van der Waals surface area (Å²) in [6.07, 6.45) is 3.25. The first-order valence-corrected chi connectivity index (χ1v) is 7.83. The predicted molar refractivity (Wildman–Crippen MR) is 92.9 cm³/mol. The summed E-state index contributed by atoms with van der Waals surface area (Å²) in [5.74, 6) is 0.613. The van der Waals surface area contributed by atoms with Crippen LogP contribution in [0, 0.1) is 0 Å². The van der Waals surface area contributed by atoms with Crippen LogP contribution in [-0.2, 0) is 13.1 Å². The number of benzene rings is 1. The van der Waals surface area contributed by atoms with Crippen LogP contribution in [0.4, 0.5) is 5.69 Å². The van der Waals surface area contributed by atoms with E-state index >= 15 is 0 Å². The third-order valence-corrected chi connectivity index (χ3v) is 3.66. The third-order valence-electron chi connectivity index (χ3n) is 3.41. The Hall–Kier alpha value is -2.79. The fraction of sp³-hybridized carbons (Fsp3) is 0.111. The van der Waals surface area contributed by atoms with Crippen molar-refractivity contribution in [2.75, 3.05) is 5.32 Å². The molecule has 0 fully saturated rings. The molecule has 0 saturated heterocycles. The van der Waals surface area contributed by atoms with Crippen molar-refractivity contribution in [2.45, 2.75) is 13.1 Å². The van der Waals surface area contributed by atoms with E-state index in [1.54, 1.807) is 30.7 Å². The quantitative estimate of drug-likeness (QED) is 0.714. The SMILES string of the molecule is O=C(NCc1ccc(Cl)cc1)c1ccc(NCc2ccco2)cn1. The maximum Gasteiger partial charge on any atom is 0.270 e. The lowest BCUT2D eigenvalue weighted by molar-refractivity contribution is 0.0946. The number of furan rings is 1. The standard InChI is InChI=1S/C18H16ClN3O2/c19-14-5-3-13(4-6-14)10-22-18(23)17-8-7-15(11-21-17)20-12-16-2-1-9-24-16/h1-9,11,20H,10,12H2,(H,22,23). The molecule has 1 amide bonds. The first-order chi connectivity index (χ1) is 11.7. The van der Waals surface area contributed by atoms with Crippen molar-refractivity contribution in [3.63, 3.8) is 0 Å². The van der Waals surface area contributed by atoms with Crippen LogP contribution in [0.25, 0.3) is 0 Å². The topological polar surface area (TPSA) is 67.2 Å². The molecule has 2 N–H and O–H groups in total. The number of nitrogens with zero attached hydrogens (tertiary/aromatic N) is 1. The molecule has 2 aromatic heterocycles. The number of halogens is 1. The third kappa shape index (κ3) is 4.36. The molecule has 122 valence electrons. The van der Waals surface area contributed by atoms with Crippen LogP contribution in [-0.4, -0.2) is 10.9 Å². The molecule has 0 atom stereocenters. The molecular weight excluding hydrogens is 326 g/mol. The fourth-order valence-electron chi connectivity index (χ4n) is 2.11. The maximum absolute atomic E-state index is 12.1. The van der Waals surface area contributed by atoms with Gasteiger partial charge in [-0.3, -0.25) is 4.79 Å². The van der Waals surface area contributed by atoms with Gasteiger partial charge in [-0.2, -0.15) is 0 Å². The Balaban J connectivity index is 1.52. The maximum atomic E-state index is 12.1. The van der Waals surface area contributed by atoms with E-state index in [-0.39, 0.29) is 5.91 Å². The van der Waals surface area contributed by atoms with E-state index < -0.39 is 0 Å². The summed E-state index contributed by atoms with van der Waals surface area (Å²) in [5.41, 5.74) is 2.16. The van der Waals surface area contributed by atoms with Crippen molar-refractivity contribution in [1.82, 2.24) is 10.3 Å². The van der Waals surface area contributed by atoms with E-state index in [0.717, 1.165) is 17.0 Å². The van der Waals surface area contributed by atoms with Crippen molar-refractivity contribution in [3.8, 4) is 0 Å². The van der Waals surface area contributed by atoms with Gasteiger partial charge in [0, 0.05) is 11.6 Å². The van der Waals surface area contributed by atoms with Gasteiger partial charge < -0.3 is 15.1 Å². The molecule has 0 saturated carbocycles. The number of amides is 1. The summed E-state index contributed by atoms with van der Waals surface area (Å²) in [6.45, 7) is 0.993. The van der Waals surface area contributed by atoms with E-state index in [2.05, 4.69) is 15.6 Å². The van der Waals surface area contributed by atoms with Gasteiger partial charge in [0.1, 0.15) is 11.5 Å². The number of anilines is 1. The van der Waals surface area contributed by atoms with Gasteiger partial charge in [0.15, 0.2) is 0 Å². The Bertz CT molecular complexity index is 784. The highest BCUT2D eigenvalue weighted by Crippen LogP contribution is 2.11. The minimum absolute atomic E-state index is 0.220. The summed E-state index contributed by atoms with van der Waals surface area (Å²) in [6, 6.07) is 14.5. The van der Waals surface area contributed by atoms with Crippen LogP contribution in [0.15, 0.2) is 65.4 Å². The highest BCUT2D eigenvalue weighted by atomic mass is 35.5. The number of carbonyl (C=O) groups excluding carboxylic acids is 1. The van der Waals surface area contributed by atoms with Gasteiger partial charge in [-0.05, 0) is 42.0 Å². The monoisotopic (exact) mass is 341 g/mol. The van der Waals surface area contributed by atoms with Gasteiger partial charge in [-0.1, -0.05) is 23.7 Å². The van der Waals surface area contributed by atoms with Crippen molar-refractivity contribution in [1.29, 1.82) is 0 Å². The number of pyridine rings is 1. The number of nitrogens with one attached hydrogen (secondary N) is 2. The van der Waals surface area contributed by atoms with Crippen molar-refractivity contribution >= 4 is 23.2 Å². The molecular formula is C18H16ClN3O2. The second kappa shape index (κ2) is 7.66. The number of hydrogen-bond acceptors (Lipinski definition) is 4. The summed E-state index contributed by atoms with van der Waals surface area (Å²) in [5, 5.41) is 6.68. The van der Waals surface area contributed by atoms with Crippen LogP contribution in [0.2, 0.25) is 5.02 Å². The first-order valence-electron chi connectivity index (χ1n) is 7.46. The minimum Gasteiger partial charge on any atom is -0.467 e. The smallest absolute Gasteiger partial charge is 0.270 e. The van der Waals surface area contributed by atoms with Crippen LogP contribution < -0.4 is 10.6 Å². The molecule has 0 bridgehead atoms. The van der Waals surface area contributed by atoms with Crippen molar-refractivity contribution < 1.29 is 9.21 Å².